The Hall–Kier alpha value is -0.210. The van der Waals surface area contributed by atoms with E-state index in [2.05, 4.69) is 0 Å². The van der Waals surface area contributed by atoms with E-state index in [1.165, 1.54) is 6.92 Å². The van der Waals surface area contributed by atoms with Gasteiger partial charge in [-0.2, -0.15) is 13.2 Å². The molecule has 3 heteroatoms. The Morgan fingerprint density at radius 2 is 2.00 bits per heavy atom. The third-order valence-corrected chi connectivity index (χ3v) is 1.11. The van der Waals surface area contributed by atoms with Crippen molar-refractivity contribution in [3.8, 4) is 0 Å². The molecule has 0 bridgehead atoms. The molecule has 0 nitrogen and oxygen atoms in total. The van der Waals surface area contributed by atoms with Crippen LogP contribution < -0.4 is 0 Å². The smallest absolute Gasteiger partial charge is 0.171 e. The first-order valence-electron chi connectivity index (χ1n) is 3.33. The lowest BCUT2D eigenvalue weighted by molar-refractivity contribution is -0.143. The molecule has 0 amide bonds. The maximum Gasteiger partial charge on any atom is 0.389 e. The van der Waals surface area contributed by atoms with E-state index in [1.54, 1.807) is 6.92 Å². The van der Waals surface area contributed by atoms with E-state index in [4.69, 9.17) is 1.37 Å². The SMILES string of the molecule is [2H][C@](C)(CC)CC(F)(F)F. The number of halogens is 3. The number of hydrogen-bond acceptors (Lipinski definition) is 0. The molecule has 0 aliphatic carbocycles. The van der Waals surface area contributed by atoms with Crippen LogP contribution in [0.1, 0.15) is 28.1 Å². The maximum atomic E-state index is 11.6. The molecule has 0 rings (SSSR count). The summed E-state index contributed by atoms with van der Waals surface area (Å²) in [6, 6.07) is 0. The molecule has 0 saturated heterocycles. The van der Waals surface area contributed by atoms with Gasteiger partial charge in [-0.15, -0.1) is 0 Å². The second-order valence-corrected chi connectivity index (χ2v) is 2.10. The first-order chi connectivity index (χ1) is 4.27. The highest BCUT2D eigenvalue weighted by atomic mass is 19.4. The van der Waals surface area contributed by atoms with Crippen LogP contribution in [0.3, 0.4) is 0 Å². The molecule has 0 aliphatic heterocycles. The second-order valence-electron chi connectivity index (χ2n) is 2.10. The van der Waals surface area contributed by atoms with Gasteiger partial charge in [0.25, 0.3) is 0 Å². The molecule has 0 heterocycles. The normalized spacial score (nSPS) is 20.8. The summed E-state index contributed by atoms with van der Waals surface area (Å²) < 4.78 is 42.0. The van der Waals surface area contributed by atoms with E-state index >= 15 is 0 Å². The predicted molar refractivity (Wildman–Crippen MR) is 30.1 cm³/mol. The van der Waals surface area contributed by atoms with E-state index in [9.17, 15) is 13.2 Å². The van der Waals surface area contributed by atoms with Crippen LogP contribution in [0.25, 0.3) is 0 Å². The Morgan fingerprint density at radius 3 is 2.11 bits per heavy atom. The molecule has 0 saturated carbocycles. The highest BCUT2D eigenvalue weighted by Crippen LogP contribution is 2.25. The van der Waals surface area contributed by atoms with Crippen LogP contribution in [-0.4, -0.2) is 6.18 Å². The van der Waals surface area contributed by atoms with Crippen molar-refractivity contribution >= 4 is 0 Å². The van der Waals surface area contributed by atoms with Gasteiger partial charge in [0.15, 0.2) is 0 Å². The van der Waals surface area contributed by atoms with E-state index in [1.807, 2.05) is 0 Å². The quantitative estimate of drug-likeness (QED) is 0.554. The lowest BCUT2D eigenvalue weighted by Crippen LogP contribution is -2.12. The Labute approximate surface area is 54.5 Å². The molecule has 0 radical (unpaired) electrons. The van der Waals surface area contributed by atoms with Gasteiger partial charge >= 0.3 is 6.18 Å². The third-order valence-electron chi connectivity index (χ3n) is 1.11. The monoisotopic (exact) mass is 141 g/mol. The van der Waals surface area contributed by atoms with Crippen molar-refractivity contribution in [2.45, 2.75) is 32.9 Å². The van der Waals surface area contributed by atoms with Gasteiger partial charge in [0.1, 0.15) is 0 Å². The summed E-state index contributed by atoms with van der Waals surface area (Å²) in [5.41, 5.74) is 0. The summed E-state index contributed by atoms with van der Waals surface area (Å²) >= 11 is 0. The zero-order valence-corrected chi connectivity index (χ0v) is 5.55. The standard InChI is InChI=1S/C6H11F3/c1-3-5(2)4-6(7,8)9/h5H,3-4H2,1-2H3/t5-/m0/s1/i5D. The minimum absolute atomic E-state index is 0.229. The van der Waals surface area contributed by atoms with Crippen molar-refractivity contribution in [2.24, 2.45) is 5.89 Å². The van der Waals surface area contributed by atoms with Gasteiger partial charge < -0.3 is 0 Å². The molecule has 0 unspecified atom stereocenters. The zero-order valence-electron chi connectivity index (χ0n) is 6.55. The average Bonchev–Trinajstić information content (AvgIpc) is 1.60. The van der Waals surface area contributed by atoms with Crippen molar-refractivity contribution in [1.29, 1.82) is 0 Å². The Morgan fingerprint density at radius 1 is 1.56 bits per heavy atom. The van der Waals surface area contributed by atoms with Crippen LogP contribution in [0.5, 0.6) is 0 Å². The molecule has 9 heavy (non-hydrogen) atoms. The summed E-state index contributed by atoms with van der Waals surface area (Å²) in [4.78, 5) is 0. The van der Waals surface area contributed by atoms with Gasteiger partial charge in [0.05, 0.1) is 0 Å². The molecule has 0 N–H and O–H groups in total. The topological polar surface area (TPSA) is 0 Å². The van der Waals surface area contributed by atoms with E-state index in [0.717, 1.165) is 0 Å². The fourth-order valence-corrected chi connectivity index (χ4v) is 0.467. The Balaban J connectivity index is 3.89. The fourth-order valence-electron chi connectivity index (χ4n) is 0.467. The van der Waals surface area contributed by atoms with Gasteiger partial charge in [-0.1, -0.05) is 20.3 Å². The molecule has 0 aliphatic rings. The molecular weight excluding hydrogens is 129 g/mol. The van der Waals surface area contributed by atoms with Crippen LogP contribution in [0.4, 0.5) is 13.2 Å². The maximum absolute atomic E-state index is 11.6. The zero-order chi connectivity index (χ0) is 8.41. The van der Waals surface area contributed by atoms with E-state index in [-0.39, 0.29) is 6.42 Å². The summed E-state index contributed by atoms with van der Waals surface area (Å²) in [5.74, 6) is -1.35. The molecular formula is C6H11F3. The first-order valence-corrected chi connectivity index (χ1v) is 2.83. The van der Waals surface area contributed by atoms with Crippen molar-refractivity contribution in [2.75, 3.05) is 0 Å². The van der Waals surface area contributed by atoms with Crippen LogP contribution in [-0.2, 0) is 0 Å². The Bertz CT molecular complexity index is 106. The number of rotatable bonds is 2. The fraction of sp³-hybridized carbons (Fsp3) is 1.00. The van der Waals surface area contributed by atoms with E-state index < -0.39 is 18.5 Å². The van der Waals surface area contributed by atoms with Crippen LogP contribution in [0.2, 0.25) is 0 Å². The van der Waals surface area contributed by atoms with Gasteiger partial charge in [-0.05, 0) is 5.89 Å². The van der Waals surface area contributed by atoms with Crippen molar-refractivity contribution in [1.82, 2.24) is 0 Å². The molecule has 1 atom stereocenters. The average molecular weight is 141 g/mol. The largest absolute Gasteiger partial charge is 0.389 e. The van der Waals surface area contributed by atoms with Crippen molar-refractivity contribution in [3.63, 3.8) is 0 Å². The Kier molecular flexibility index (Phi) is 2.37. The van der Waals surface area contributed by atoms with Crippen LogP contribution in [0, 0.1) is 5.89 Å². The molecule has 0 aromatic heterocycles. The number of hydrogen-bond donors (Lipinski definition) is 0. The molecule has 0 aromatic rings. The molecule has 56 valence electrons. The molecule has 0 fully saturated rings. The third kappa shape index (κ3) is 5.66. The summed E-state index contributed by atoms with van der Waals surface area (Å²) in [6.07, 6.45) is -4.99. The number of alkyl halides is 3. The minimum Gasteiger partial charge on any atom is -0.171 e. The van der Waals surface area contributed by atoms with Gasteiger partial charge in [0.2, 0.25) is 0 Å². The molecule has 0 aromatic carbocycles. The highest BCUT2D eigenvalue weighted by molar-refractivity contribution is 4.56. The highest BCUT2D eigenvalue weighted by Gasteiger charge is 2.28. The lowest BCUT2D eigenvalue weighted by Gasteiger charge is -2.10. The summed E-state index contributed by atoms with van der Waals surface area (Å²) in [5, 5.41) is 0. The van der Waals surface area contributed by atoms with Gasteiger partial charge in [-0.3, -0.25) is 0 Å². The lowest BCUT2D eigenvalue weighted by atomic mass is 10.1. The van der Waals surface area contributed by atoms with Crippen molar-refractivity contribution < 1.29 is 14.5 Å². The van der Waals surface area contributed by atoms with E-state index in [0.29, 0.717) is 0 Å². The summed E-state index contributed by atoms with van der Waals surface area (Å²) in [6.45, 7) is 2.87. The second kappa shape index (κ2) is 3.08. The summed E-state index contributed by atoms with van der Waals surface area (Å²) in [7, 11) is 0. The van der Waals surface area contributed by atoms with Crippen LogP contribution >= 0.6 is 0 Å². The van der Waals surface area contributed by atoms with Gasteiger partial charge in [0, 0.05) is 7.79 Å². The van der Waals surface area contributed by atoms with Crippen molar-refractivity contribution in [3.05, 3.63) is 0 Å². The van der Waals surface area contributed by atoms with Gasteiger partial charge in [-0.25, -0.2) is 0 Å². The molecule has 0 spiro atoms. The van der Waals surface area contributed by atoms with Crippen LogP contribution in [0.15, 0.2) is 0 Å². The minimum atomic E-state index is -4.20. The predicted octanol–water partition coefficient (Wildman–Crippen LogP) is 2.98. The first kappa shape index (κ1) is 6.90.